The number of aromatic nitrogens is 2. The van der Waals surface area contributed by atoms with Crippen molar-refractivity contribution in [1.82, 2.24) is 10.1 Å². The lowest BCUT2D eigenvalue weighted by molar-refractivity contribution is 0.0508. The Hall–Kier alpha value is -1.39. The summed E-state index contributed by atoms with van der Waals surface area (Å²) in [5.41, 5.74) is 0. The Morgan fingerprint density at radius 1 is 1.64 bits per heavy atom. The summed E-state index contributed by atoms with van der Waals surface area (Å²) in [5, 5.41) is 3.55. The van der Waals surface area contributed by atoms with Crippen LogP contribution >= 0.6 is 0 Å². The summed E-state index contributed by atoms with van der Waals surface area (Å²) in [4.78, 5) is 15.1. The third kappa shape index (κ3) is 2.10. The predicted octanol–water partition coefficient (Wildman–Crippen LogP) is 1.20. The number of esters is 1. The highest BCUT2D eigenvalue weighted by atomic mass is 16.5. The fourth-order valence-corrected chi connectivity index (χ4v) is 1.19. The van der Waals surface area contributed by atoms with Crippen LogP contribution in [0.5, 0.6) is 0 Å². The monoisotopic (exact) mass is 196 g/mol. The van der Waals surface area contributed by atoms with Crippen LogP contribution in [-0.2, 0) is 11.2 Å². The minimum atomic E-state index is -0.515. The fraction of sp³-hybridized carbons (Fsp3) is 0.667. The standard InChI is InChI=1S/C9H12N2O3/c1-2-13-9(12)8-10-7(14-11-8)5-6-3-4-6/h6H,2-5H2,1H3. The molecule has 2 rings (SSSR count). The summed E-state index contributed by atoms with van der Waals surface area (Å²) < 4.78 is 9.66. The van der Waals surface area contributed by atoms with E-state index in [0.29, 0.717) is 18.4 Å². The van der Waals surface area contributed by atoms with Gasteiger partial charge in [-0.15, -0.1) is 0 Å². The van der Waals surface area contributed by atoms with Crippen molar-refractivity contribution in [3.8, 4) is 0 Å². The van der Waals surface area contributed by atoms with Crippen LogP contribution in [0, 0.1) is 5.92 Å². The van der Waals surface area contributed by atoms with Crippen LogP contribution in [0.1, 0.15) is 36.3 Å². The average molecular weight is 196 g/mol. The van der Waals surface area contributed by atoms with E-state index in [2.05, 4.69) is 10.1 Å². The van der Waals surface area contributed by atoms with Crippen molar-refractivity contribution in [3.05, 3.63) is 11.7 Å². The minimum absolute atomic E-state index is 0.0301. The van der Waals surface area contributed by atoms with Crippen molar-refractivity contribution < 1.29 is 14.1 Å². The number of rotatable bonds is 4. The smallest absolute Gasteiger partial charge is 0.379 e. The third-order valence-corrected chi connectivity index (χ3v) is 2.09. The predicted molar refractivity (Wildman–Crippen MR) is 46.7 cm³/mol. The van der Waals surface area contributed by atoms with Crippen LogP contribution in [0.4, 0.5) is 0 Å². The van der Waals surface area contributed by atoms with Crippen LogP contribution in [-0.4, -0.2) is 22.7 Å². The molecular formula is C9H12N2O3. The Kier molecular flexibility index (Phi) is 2.47. The molecule has 76 valence electrons. The van der Waals surface area contributed by atoms with Gasteiger partial charge in [0.2, 0.25) is 5.89 Å². The second-order valence-electron chi connectivity index (χ2n) is 3.38. The Morgan fingerprint density at radius 2 is 2.43 bits per heavy atom. The number of hydrogen-bond donors (Lipinski definition) is 0. The molecule has 5 heteroatoms. The van der Waals surface area contributed by atoms with Gasteiger partial charge in [-0.1, -0.05) is 0 Å². The maximum absolute atomic E-state index is 11.2. The summed E-state index contributed by atoms with van der Waals surface area (Å²) in [6.07, 6.45) is 3.22. The normalized spacial score (nSPS) is 15.5. The lowest BCUT2D eigenvalue weighted by atomic mass is 10.3. The largest absolute Gasteiger partial charge is 0.460 e. The van der Waals surface area contributed by atoms with Crippen molar-refractivity contribution in [2.75, 3.05) is 6.61 Å². The molecule has 1 heterocycles. The third-order valence-electron chi connectivity index (χ3n) is 2.09. The molecule has 1 fully saturated rings. The van der Waals surface area contributed by atoms with Crippen molar-refractivity contribution >= 4 is 5.97 Å². The molecule has 0 aromatic carbocycles. The van der Waals surface area contributed by atoms with Gasteiger partial charge >= 0.3 is 5.97 Å². The molecule has 1 aliphatic rings. The zero-order valence-corrected chi connectivity index (χ0v) is 8.02. The lowest BCUT2D eigenvalue weighted by Gasteiger charge is -1.93. The van der Waals surface area contributed by atoms with Gasteiger partial charge in [0.15, 0.2) is 0 Å². The van der Waals surface area contributed by atoms with E-state index in [-0.39, 0.29) is 5.82 Å². The maximum atomic E-state index is 11.2. The molecule has 0 spiro atoms. The van der Waals surface area contributed by atoms with E-state index in [4.69, 9.17) is 9.26 Å². The van der Waals surface area contributed by atoms with E-state index in [0.717, 1.165) is 6.42 Å². The fourth-order valence-electron chi connectivity index (χ4n) is 1.19. The zero-order valence-electron chi connectivity index (χ0n) is 8.02. The molecule has 1 aliphatic carbocycles. The molecule has 0 unspecified atom stereocenters. The van der Waals surface area contributed by atoms with Gasteiger partial charge in [-0.25, -0.2) is 4.79 Å². The number of hydrogen-bond acceptors (Lipinski definition) is 5. The van der Waals surface area contributed by atoms with Gasteiger partial charge in [-0.3, -0.25) is 0 Å². The van der Waals surface area contributed by atoms with E-state index in [9.17, 15) is 4.79 Å². The second-order valence-corrected chi connectivity index (χ2v) is 3.38. The number of nitrogens with zero attached hydrogens (tertiary/aromatic N) is 2. The van der Waals surface area contributed by atoms with Gasteiger partial charge in [0.25, 0.3) is 5.82 Å². The van der Waals surface area contributed by atoms with E-state index in [1.807, 2.05) is 0 Å². The first-order valence-electron chi connectivity index (χ1n) is 4.79. The zero-order chi connectivity index (χ0) is 9.97. The molecule has 0 bridgehead atoms. The highest BCUT2D eigenvalue weighted by Crippen LogP contribution is 2.31. The SMILES string of the molecule is CCOC(=O)c1noc(CC2CC2)n1. The van der Waals surface area contributed by atoms with Gasteiger partial charge in [0.05, 0.1) is 6.61 Å². The van der Waals surface area contributed by atoms with E-state index >= 15 is 0 Å². The van der Waals surface area contributed by atoms with Crippen LogP contribution < -0.4 is 0 Å². The van der Waals surface area contributed by atoms with Gasteiger partial charge in [-0.05, 0) is 30.8 Å². The first-order valence-corrected chi connectivity index (χ1v) is 4.79. The number of ether oxygens (including phenoxy) is 1. The molecule has 5 nitrogen and oxygen atoms in total. The van der Waals surface area contributed by atoms with Gasteiger partial charge < -0.3 is 9.26 Å². The van der Waals surface area contributed by atoms with Gasteiger partial charge in [-0.2, -0.15) is 4.98 Å². The first kappa shape index (κ1) is 9.18. The lowest BCUT2D eigenvalue weighted by Crippen LogP contribution is -2.06. The minimum Gasteiger partial charge on any atom is -0.460 e. The van der Waals surface area contributed by atoms with Crippen molar-refractivity contribution in [2.45, 2.75) is 26.2 Å². The molecule has 1 aromatic heterocycles. The first-order chi connectivity index (χ1) is 6.79. The number of carbonyl (C=O) groups is 1. The van der Waals surface area contributed by atoms with Crippen LogP contribution in [0.25, 0.3) is 0 Å². The summed E-state index contributed by atoms with van der Waals surface area (Å²) in [7, 11) is 0. The molecule has 14 heavy (non-hydrogen) atoms. The van der Waals surface area contributed by atoms with Gasteiger partial charge in [0.1, 0.15) is 0 Å². The molecule has 1 saturated carbocycles. The molecule has 0 aliphatic heterocycles. The summed E-state index contributed by atoms with van der Waals surface area (Å²) in [6.45, 7) is 2.06. The van der Waals surface area contributed by atoms with Crippen LogP contribution in [0.15, 0.2) is 4.52 Å². The van der Waals surface area contributed by atoms with Crippen LogP contribution in [0.3, 0.4) is 0 Å². The van der Waals surface area contributed by atoms with Crippen LogP contribution in [0.2, 0.25) is 0 Å². The molecule has 0 N–H and O–H groups in total. The average Bonchev–Trinajstić information content (AvgIpc) is 2.82. The molecule has 0 amide bonds. The Balaban J connectivity index is 1.97. The molecule has 0 saturated heterocycles. The molecule has 0 atom stereocenters. The summed E-state index contributed by atoms with van der Waals surface area (Å²) in [6, 6.07) is 0. The van der Waals surface area contributed by atoms with Crippen molar-refractivity contribution in [2.24, 2.45) is 5.92 Å². The van der Waals surface area contributed by atoms with E-state index in [1.165, 1.54) is 12.8 Å². The Morgan fingerprint density at radius 3 is 3.07 bits per heavy atom. The maximum Gasteiger partial charge on any atom is 0.379 e. The highest BCUT2D eigenvalue weighted by molar-refractivity contribution is 5.84. The quantitative estimate of drug-likeness (QED) is 0.677. The summed E-state index contributed by atoms with van der Waals surface area (Å²) in [5.74, 6) is 0.724. The summed E-state index contributed by atoms with van der Waals surface area (Å²) >= 11 is 0. The van der Waals surface area contributed by atoms with Crippen molar-refractivity contribution in [3.63, 3.8) is 0 Å². The van der Waals surface area contributed by atoms with Crippen molar-refractivity contribution in [1.29, 1.82) is 0 Å². The molecular weight excluding hydrogens is 184 g/mol. The van der Waals surface area contributed by atoms with E-state index < -0.39 is 5.97 Å². The Labute approximate surface area is 81.4 Å². The highest BCUT2D eigenvalue weighted by Gasteiger charge is 2.25. The van der Waals surface area contributed by atoms with E-state index in [1.54, 1.807) is 6.92 Å². The second kappa shape index (κ2) is 3.77. The number of carbonyl (C=O) groups excluding carboxylic acids is 1. The molecule has 0 radical (unpaired) electrons. The molecule has 1 aromatic rings. The van der Waals surface area contributed by atoms with Gasteiger partial charge in [0, 0.05) is 6.42 Å². The Bertz CT molecular complexity index is 331. The topological polar surface area (TPSA) is 65.2 Å².